The first-order valence-electron chi connectivity index (χ1n) is 0.775. The largest absolute Gasteiger partial charge is 0.631 e. The van der Waals surface area contributed by atoms with E-state index in [-0.39, 0.29) is 1.43 Å². The van der Waals surface area contributed by atoms with Crippen LogP contribution in [0.2, 0.25) is 0 Å². The van der Waals surface area contributed by atoms with E-state index in [0.717, 1.165) is 0 Å². The molecule has 0 bridgehead atoms. The van der Waals surface area contributed by atoms with E-state index < -0.39 is 7.32 Å². The quantitative estimate of drug-likeness (QED) is 0.291. The highest BCUT2D eigenvalue weighted by Gasteiger charge is 1.92. The van der Waals surface area contributed by atoms with E-state index in [2.05, 4.69) is 0 Å². The van der Waals surface area contributed by atoms with Gasteiger partial charge in [0.2, 0.25) is 0 Å². The molecule has 0 amide bonds. The SMILES string of the molecule is OB(O)O.[HH]. The molecule has 0 radical (unpaired) electrons. The molecule has 0 aromatic carbocycles. The van der Waals surface area contributed by atoms with Crippen molar-refractivity contribution in [3.8, 4) is 0 Å². The van der Waals surface area contributed by atoms with E-state index in [0.29, 0.717) is 0 Å². The van der Waals surface area contributed by atoms with E-state index in [9.17, 15) is 0 Å². The Balaban J connectivity index is 0. The summed E-state index contributed by atoms with van der Waals surface area (Å²) in [5.74, 6) is 0. The van der Waals surface area contributed by atoms with E-state index >= 15 is 0 Å². The first-order chi connectivity index (χ1) is 1.73. The highest BCUT2D eigenvalue weighted by atomic mass is 16.5. The zero-order chi connectivity index (χ0) is 3.58. The van der Waals surface area contributed by atoms with Crippen molar-refractivity contribution in [2.45, 2.75) is 0 Å². The van der Waals surface area contributed by atoms with Crippen LogP contribution in [0, 0.1) is 0 Å². The van der Waals surface area contributed by atoms with Gasteiger partial charge in [-0.3, -0.25) is 0 Å². The van der Waals surface area contributed by atoms with Gasteiger partial charge in [0.15, 0.2) is 0 Å². The van der Waals surface area contributed by atoms with Gasteiger partial charge < -0.3 is 15.1 Å². The van der Waals surface area contributed by atoms with Crippen molar-refractivity contribution in [3.05, 3.63) is 0 Å². The standard InChI is InChI=1S/BH3O3.H2/c2-1(3)4;/h2-4H;1H. The van der Waals surface area contributed by atoms with Crippen LogP contribution in [0.25, 0.3) is 0 Å². The Labute approximate surface area is 25.2 Å². The summed E-state index contributed by atoms with van der Waals surface area (Å²) in [7, 11) is -2.17. The molecule has 0 atom stereocenters. The summed E-state index contributed by atoms with van der Waals surface area (Å²) >= 11 is 0. The zero-order valence-corrected chi connectivity index (χ0v) is 1.92. The molecule has 0 aliphatic carbocycles. The van der Waals surface area contributed by atoms with Gasteiger partial charge in [-0.05, 0) is 0 Å². The predicted molar refractivity (Wildman–Crippen MR) is 14.5 cm³/mol. The maximum absolute atomic E-state index is 7.17. The van der Waals surface area contributed by atoms with Crippen LogP contribution < -0.4 is 0 Å². The van der Waals surface area contributed by atoms with E-state index in [4.69, 9.17) is 15.1 Å². The van der Waals surface area contributed by atoms with Gasteiger partial charge >= 0.3 is 7.32 Å². The molecule has 4 heavy (non-hydrogen) atoms. The molecular weight excluding hydrogens is 58.8 g/mol. The third-order valence-electron chi connectivity index (χ3n) is 0. The minimum atomic E-state index is -2.17. The minimum absolute atomic E-state index is 0. The summed E-state index contributed by atoms with van der Waals surface area (Å²) in [5, 5.41) is 21.5. The van der Waals surface area contributed by atoms with Gasteiger partial charge in [-0.15, -0.1) is 0 Å². The number of hydrogen-bond acceptors (Lipinski definition) is 3. The van der Waals surface area contributed by atoms with Gasteiger partial charge in [0.25, 0.3) is 0 Å². The molecule has 0 aliphatic rings. The van der Waals surface area contributed by atoms with E-state index in [1.54, 1.807) is 0 Å². The second kappa shape index (κ2) is 1.28. The fourth-order valence-electron chi connectivity index (χ4n) is 0. The molecule has 3 nitrogen and oxygen atoms in total. The second-order valence-electron chi connectivity index (χ2n) is 0.346. The van der Waals surface area contributed by atoms with Crippen molar-refractivity contribution in [2.24, 2.45) is 0 Å². The average Bonchev–Trinajstić information content (AvgIpc) is 0.811. The van der Waals surface area contributed by atoms with Crippen molar-refractivity contribution in [1.82, 2.24) is 0 Å². The summed E-state index contributed by atoms with van der Waals surface area (Å²) in [6.07, 6.45) is 0. The zero-order valence-electron chi connectivity index (χ0n) is 1.92. The molecule has 0 saturated carbocycles. The lowest BCUT2D eigenvalue weighted by Crippen LogP contribution is -2.07. The Bertz CT molecular complexity index is 11.6. The molecule has 0 saturated heterocycles. The summed E-state index contributed by atoms with van der Waals surface area (Å²) in [6, 6.07) is 0. The molecular formula is H5BO3. The van der Waals surface area contributed by atoms with Gasteiger partial charge in [0.05, 0.1) is 0 Å². The minimum Gasteiger partial charge on any atom is -0.402 e. The topological polar surface area (TPSA) is 60.7 Å². The number of rotatable bonds is 0. The second-order valence-corrected chi connectivity index (χ2v) is 0.346. The van der Waals surface area contributed by atoms with Crippen molar-refractivity contribution in [3.63, 3.8) is 0 Å². The fourth-order valence-corrected chi connectivity index (χ4v) is 0. The molecule has 26 valence electrons. The highest BCUT2D eigenvalue weighted by Crippen LogP contribution is 1.40. The molecule has 0 spiro atoms. The Morgan fingerprint density at radius 2 is 1.25 bits per heavy atom. The van der Waals surface area contributed by atoms with Crippen LogP contribution in [-0.4, -0.2) is 22.4 Å². The van der Waals surface area contributed by atoms with Crippen molar-refractivity contribution >= 4 is 7.32 Å². The lowest BCUT2D eigenvalue weighted by atomic mass is 10.3. The van der Waals surface area contributed by atoms with Crippen LogP contribution in [0.15, 0.2) is 0 Å². The molecule has 0 aromatic rings. The number of hydrogen-bond donors (Lipinski definition) is 3. The van der Waals surface area contributed by atoms with Crippen LogP contribution in [0.3, 0.4) is 0 Å². The van der Waals surface area contributed by atoms with Crippen molar-refractivity contribution in [2.75, 3.05) is 0 Å². The maximum Gasteiger partial charge on any atom is 0.631 e. The third-order valence-corrected chi connectivity index (χ3v) is 0. The van der Waals surface area contributed by atoms with Crippen LogP contribution >= 0.6 is 0 Å². The van der Waals surface area contributed by atoms with E-state index in [1.165, 1.54) is 0 Å². The summed E-state index contributed by atoms with van der Waals surface area (Å²) < 4.78 is 0. The molecule has 0 fully saturated rings. The Hall–Kier alpha value is -0.0551. The van der Waals surface area contributed by atoms with Gasteiger partial charge in [-0.1, -0.05) is 0 Å². The lowest BCUT2D eigenvalue weighted by molar-refractivity contribution is 0.278. The molecule has 4 heteroatoms. The fraction of sp³-hybridized carbons (Fsp3) is 0. The first kappa shape index (κ1) is 3.94. The van der Waals surface area contributed by atoms with Gasteiger partial charge in [-0.25, -0.2) is 0 Å². The Morgan fingerprint density at radius 3 is 1.25 bits per heavy atom. The van der Waals surface area contributed by atoms with Gasteiger partial charge in [0.1, 0.15) is 0 Å². The molecule has 0 rings (SSSR count). The highest BCUT2D eigenvalue weighted by molar-refractivity contribution is 6.30. The smallest absolute Gasteiger partial charge is 0.402 e. The van der Waals surface area contributed by atoms with Gasteiger partial charge in [-0.2, -0.15) is 0 Å². The van der Waals surface area contributed by atoms with Crippen LogP contribution in [0.5, 0.6) is 0 Å². The van der Waals surface area contributed by atoms with Crippen LogP contribution in [-0.2, 0) is 0 Å². The average molecular weight is 63.8 g/mol. The van der Waals surface area contributed by atoms with Crippen molar-refractivity contribution in [1.29, 1.82) is 0 Å². The normalized spacial score (nSPS) is 6.75. The van der Waals surface area contributed by atoms with Crippen LogP contribution in [0.1, 0.15) is 1.43 Å². The maximum atomic E-state index is 7.17. The summed E-state index contributed by atoms with van der Waals surface area (Å²) in [5.41, 5.74) is 0. The first-order valence-corrected chi connectivity index (χ1v) is 0.775. The van der Waals surface area contributed by atoms with Crippen molar-refractivity contribution < 1.29 is 16.5 Å². The molecule has 0 aromatic heterocycles. The molecule has 0 unspecified atom stereocenters. The monoisotopic (exact) mass is 64.0 g/mol. The Kier molecular flexibility index (Phi) is 1.27. The predicted octanol–water partition coefficient (Wildman–Crippen LogP) is -1.81. The summed E-state index contributed by atoms with van der Waals surface area (Å²) in [6.45, 7) is 0. The summed E-state index contributed by atoms with van der Waals surface area (Å²) in [4.78, 5) is 0. The van der Waals surface area contributed by atoms with Gasteiger partial charge in [0, 0.05) is 1.43 Å². The Morgan fingerprint density at radius 1 is 1.25 bits per heavy atom. The van der Waals surface area contributed by atoms with E-state index in [1.807, 2.05) is 0 Å². The molecule has 0 heterocycles. The molecule has 0 aliphatic heterocycles. The lowest BCUT2D eigenvalue weighted by Gasteiger charge is -1.69. The molecule has 3 N–H and O–H groups in total. The van der Waals surface area contributed by atoms with Crippen LogP contribution in [0.4, 0.5) is 0 Å². The third kappa shape index (κ3) is 573.